The number of anilines is 1. The van der Waals surface area contributed by atoms with E-state index >= 15 is 0 Å². The molecule has 0 unspecified atom stereocenters. The van der Waals surface area contributed by atoms with Crippen molar-refractivity contribution in [2.45, 2.75) is 25.8 Å². The Balaban J connectivity index is 1.81. The topological polar surface area (TPSA) is 71.4 Å². The molecule has 0 saturated heterocycles. The molecule has 0 spiro atoms. The van der Waals surface area contributed by atoms with Crippen LogP contribution in [0.1, 0.15) is 16.7 Å². The SMILES string of the molecule is Nc1ccc(CCn2c(O)c3c(c2O)CC=CC3)cc1. The number of hydrogen-bond acceptors (Lipinski definition) is 3. The van der Waals surface area contributed by atoms with Gasteiger partial charge < -0.3 is 15.9 Å². The van der Waals surface area contributed by atoms with Crippen molar-refractivity contribution in [1.29, 1.82) is 0 Å². The Labute approximate surface area is 117 Å². The maximum atomic E-state index is 10.2. The fraction of sp³-hybridized carbons (Fsp3) is 0.250. The molecule has 104 valence electrons. The van der Waals surface area contributed by atoms with E-state index in [1.54, 1.807) is 4.57 Å². The lowest BCUT2D eigenvalue weighted by Gasteiger charge is -2.07. The molecule has 0 radical (unpaired) electrons. The minimum absolute atomic E-state index is 0.192. The number of allylic oxidation sites excluding steroid dienone is 2. The molecule has 20 heavy (non-hydrogen) atoms. The Kier molecular flexibility index (Phi) is 3.14. The molecule has 0 fully saturated rings. The van der Waals surface area contributed by atoms with Crippen molar-refractivity contribution in [3.63, 3.8) is 0 Å². The Hall–Kier alpha value is -2.36. The minimum atomic E-state index is 0.192. The summed E-state index contributed by atoms with van der Waals surface area (Å²) in [6.45, 7) is 0.550. The average Bonchev–Trinajstić information content (AvgIpc) is 2.71. The third-order valence-electron chi connectivity index (χ3n) is 3.83. The van der Waals surface area contributed by atoms with Crippen molar-refractivity contribution >= 4 is 5.69 Å². The molecule has 0 atom stereocenters. The van der Waals surface area contributed by atoms with Crippen LogP contribution in [0.3, 0.4) is 0 Å². The molecule has 4 nitrogen and oxygen atoms in total. The maximum absolute atomic E-state index is 10.2. The molecule has 1 heterocycles. The van der Waals surface area contributed by atoms with Crippen LogP contribution in [-0.4, -0.2) is 14.8 Å². The summed E-state index contributed by atoms with van der Waals surface area (Å²) in [5.74, 6) is 0.384. The first-order valence-corrected chi connectivity index (χ1v) is 6.78. The number of nitrogens with two attached hydrogens (primary N) is 1. The molecule has 4 N–H and O–H groups in total. The van der Waals surface area contributed by atoms with Crippen molar-refractivity contribution in [1.82, 2.24) is 4.57 Å². The average molecular weight is 270 g/mol. The first-order valence-electron chi connectivity index (χ1n) is 6.78. The number of aryl methyl sites for hydroxylation is 1. The van der Waals surface area contributed by atoms with E-state index in [0.29, 0.717) is 19.4 Å². The molecule has 0 bridgehead atoms. The van der Waals surface area contributed by atoms with E-state index in [0.717, 1.165) is 28.8 Å². The fourth-order valence-corrected chi connectivity index (χ4v) is 2.66. The number of benzene rings is 1. The molecule has 0 aliphatic heterocycles. The third kappa shape index (κ3) is 2.13. The number of aromatic nitrogens is 1. The summed E-state index contributed by atoms with van der Waals surface area (Å²) in [4.78, 5) is 0. The number of fused-ring (bicyclic) bond motifs is 1. The standard InChI is InChI=1S/C16H18N2O2/c17-12-7-5-11(6-8-12)9-10-18-15(19)13-3-1-2-4-14(13)16(18)20/h1-2,5-8,19-20H,3-4,9-10,17H2. The smallest absolute Gasteiger partial charge is 0.197 e. The van der Waals surface area contributed by atoms with Gasteiger partial charge in [0.15, 0.2) is 11.8 Å². The van der Waals surface area contributed by atoms with Gasteiger partial charge in [0.25, 0.3) is 0 Å². The first-order chi connectivity index (χ1) is 9.66. The summed E-state index contributed by atoms with van der Waals surface area (Å²) < 4.78 is 1.59. The summed E-state index contributed by atoms with van der Waals surface area (Å²) in [5.41, 5.74) is 9.22. The van der Waals surface area contributed by atoms with Gasteiger partial charge in [-0.25, -0.2) is 0 Å². The molecular weight excluding hydrogens is 252 g/mol. The van der Waals surface area contributed by atoms with Crippen molar-refractivity contribution in [2.75, 3.05) is 5.73 Å². The van der Waals surface area contributed by atoms with Crippen LogP contribution in [0.5, 0.6) is 11.8 Å². The number of nitrogens with zero attached hydrogens (tertiary/aromatic N) is 1. The minimum Gasteiger partial charge on any atom is -0.494 e. The van der Waals surface area contributed by atoms with E-state index in [-0.39, 0.29) is 11.8 Å². The summed E-state index contributed by atoms with van der Waals surface area (Å²) in [6, 6.07) is 7.65. The second-order valence-electron chi connectivity index (χ2n) is 5.13. The zero-order valence-corrected chi connectivity index (χ0v) is 11.2. The molecule has 4 heteroatoms. The lowest BCUT2D eigenvalue weighted by molar-refractivity contribution is 0.365. The molecule has 1 aliphatic carbocycles. The lowest BCUT2D eigenvalue weighted by Crippen LogP contribution is -2.01. The fourth-order valence-electron chi connectivity index (χ4n) is 2.66. The predicted octanol–water partition coefficient (Wildman–Crippen LogP) is 2.38. The molecular formula is C16H18N2O2. The largest absolute Gasteiger partial charge is 0.494 e. The highest BCUT2D eigenvalue weighted by molar-refractivity contribution is 5.49. The van der Waals surface area contributed by atoms with E-state index in [4.69, 9.17) is 5.73 Å². The molecule has 1 aliphatic rings. The van der Waals surface area contributed by atoms with Gasteiger partial charge in [0.1, 0.15) is 0 Å². The Morgan fingerprint density at radius 1 is 0.950 bits per heavy atom. The second kappa shape index (κ2) is 4.96. The highest BCUT2D eigenvalue weighted by Crippen LogP contribution is 2.36. The van der Waals surface area contributed by atoms with Gasteiger partial charge in [0.2, 0.25) is 0 Å². The zero-order valence-electron chi connectivity index (χ0n) is 11.2. The van der Waals surface area contributed by atoms with Crippen molar-refractivity contribution in [2.24, 2.45) is 0 Å². The maximum Gasteiger partial charge on any atom is 0.197 e. The highest BCUT2D eigenvalue weighted by atomic mass is 16.3. The van der Waals surface area contributed by atoms with Gasteiger partial charge in [-0.05, 0) is 37.0 Å². The normalized spacial score (nSPS) is 13.4. The number of aromatic hydroxyl groups is 2. The molecule has 0 saturated carbocycles. The van der Waals surface area contributed by atoms with Crippen LogP contribution in [-0.2, 0) is 25.8 Å². The molecule has 0 amide bonds. The van der Waals surface area contributed by atoms with Crippen LogP contribution in [0, 0.1) is 0 Å². The van der Waals surface area contributed by atoms with E-state index < -0.39 is 0 Å². The zero-order chi connectivity index (χ0) is 14.1. The molecule has 3 rings (SSSR count). The van der Waals surface area contributed by atoms with Gasteiger partial charge in [-0.2, -0.15) is 0 Å². The molecule has 1 aromatic heterocycles. The van der Waals surface area contributed by atoms with Gasteiger partial charge in [-0.15, -0.1) is 0 Å². The number of nitrogen functional groups attached to an aromatic ring is 1. The Morgan fingerprint density at radius 3 is 2.05 bits per heavy atom. The van der Waals surface area contributed by atoms with Gasteiger partial charge in [-0.3, -0.25) is 4.57 Å². The lowest BCUT2D eigenvalue weighted by atomic mass is 10.0. The van der Waals surface area contributed by atoms with Crippen molar-refractivity contribution in [3.05, 3.63) is 53.1 Å². The quantitative estimate of drug-likeness (QED) is 0.592. The van der Waals surface area contributed by atoms with Crippen LogP contribution in [0.25, 0.3) is 0 Å². The number of hydrogen-bond donors (Lipinski definition) is 3. The highest BCUT2D eigenvalue weighted by Gasteiger charge is 2.22. The van der Waals surface area contributed by atoms with Crippen LogP contribution < -0.4 is 5.73 Å². The van der Waals surface area contributed by atoms with Gasteiger partial charge in [0, 0.05) is 23.4 Å². The van der Waals surface area contributed by atoms with E-state index in [2.05, 4.69) is 0 Å². The van der Waals surface area contributed by atoms with E-state index in [1.165, 1.54) is 0 Å². The molecule has 1 aromatic carbocycles. The first kappa shape index (κ1) is 12.7. The predicted molar refractivity (Wildman–Crippen MR) is 78.9 cm³/mol. The van der Waals surface area contributed by atoms with Gasteiger partial charge in [0.05, 0.1) is 0 Å². The van der Waals surface area contributed by atoms with Crippen molar-refractivity contribution in [3.8, 4) is 11.8 Å². The van der Waals surface area contributed by atoms with Crippen LogP contribution in [0.2, 0.25) is 0 Å². The van der Waals surface area contributed by atoms with Crippen molar-refractivity contribution < 1.29 is 10.2 Å². The summed E-state index contributed by atoms with van der Waals surface area (Å²) in [5, 5.41) is 20.5. The summed E-state index contributed by atoms with van der Waals surface area (Å²) in [6.07, 6.45) is 6.15. The van der Waals surface area contributed by atoms with Gasteiger partial charge >= 0.3 is 0 Å². The monoisotopic (exact) mass is 270 g/mol. The van der Waals surface area contributed by atoms with E-state index in [1.807, 2.05) is 36.4 Å². The summed E-state index contributed by atoms with van der Waals surface area (Å²) in [7, 11) is 0. The van der Waals surface area contributed by atoms with Gasteiger partial charge in [-0.1, -0.05) is 24.3 Å². The van der Waals surface area contributed by atoms with Crippen LogP contribution in [0.15, 0.2) is 36.4 Å². The van der Waals surface area contributed by atoms with Crippen LogP contribution in [0.4, 0.5) is 5.69 Å². The molecule has 2 aromatic rings. The number of rotatable bonds is 3. The Morgan fingerprint density at radius 2 is 1.50 bits per heavy atom. The second-order valence-corrected chi connectivity index (χ2v) is 5.13. The van der Waals surface area contributed by atoms with E-state index in [9.17, 15) is 10.2 Å². The Bertz CT molecular complexity index is 623. The summed E-state index contributed by atoms with van der Waals surface area (Å²) >= 11 is 0. The van der Waals surface area contributed by atoms with Crippen LogP contribution >= 0.6 is 0 Å². The third-order valence-corrected chi connectivity index (χ3v) is 3.83.